The number of halogens is 1. The summed E-state index contributed by atoms with van der Waals surface area (Å²) in [6, 6.07) is 8.23. The molecule has 20 heavy (non-hydrogen) atoms. The number of hydrogen-bond donors (Lipinski definition) is 1. The first kappa shape index (κ1) is 13.9. The molecule has 2 aliphatic carbocycles. The van der Waals surface area contributed by atoms with Gasteiger partial charge in [-0.1, -0.05) is 49.9 Å². The van der Waals surface area contributed by atoms with Crippen molar-refractivity contribution in [3.05, 3.63) is 35.4 Å². The second-order valence-electron chi connectivity index (χ2n) is 6.15. The number of rotatable bonds is 4. The molecule has 0 radical (unpaired) electrons. The monoisotopic (exact) mass is 291 g/mol. The van der Waals surface area contributed by atoms with Crippen molar-refractivity contribution >= 4 is 17.5 Å². The molecule has 0 saturated heterocycles. The first-order valence-corrected chi connectivity index (χ1v) is 8.19. The van der Waals surface area contributed by atoms with Crippen molar-refractivity contribution in [2.75, 3.05) is 0 Å². The SMILES string of the molecule is O=C(CCC1CCCC1)NC1c2ccccc2CC1Cl. The molecule has 1 amide bonds. The van der Waals surface area contributed by atoms with Gasteiger partial charge in [0.1, 0.15) is 0 Å². The van der Waals surface area contributed by atoms with Crippen molar-refractivity contribution in [1.82, 2.24) is 5.32 Å². The fraction of sp³-hybridized carbons (Fsp3) is 0.588. The van der Waals surface area contributed by atoms with E-state index in [4.69, 9.17) is 11.6 Å². The van der Waals surface area contributed by atoms with Crippen LogP contribution in [0.2, 0.25) is 0 Å². The minimum Gasteiger partial charge on any atom is -0.348 e. The molecule has 2 nitrogen and oxygen atoms in total. The third-order valence-electron chi connectivity index (χ3n) is 4.74. The molecular formula is C17H22ClNO. The number of carbonyl (C=O) groups is 1. The first-order chi connectivity index (χ1) is 9.74. The van der Waals surface area contributed by atoms with E-state index in [1.807, 2.05) is 12.1 Å². The summed E-state index contributed by atoms with van der Waals surface area (Å²) in [7, 11) is 0. The normalized spacial score (nSPS) is 25.6. The minimum absolute atomic E-state index is 0.0102. The number of alkyl halides is 1. The smallest absolute Gasteiger partial charge is 0.220 e. The van der Waals surface area contributed by atoms with Gasteiger partial charge in [-0.2, -0.15) is 0 Å². The molecule has 1 aromatic rings. The second-order valence-corrected chi connectivity index (χ2v) is 6.71. The summed E-state index contributed by atoms with van der Waals surface area (Å²) in [5, 5.41) is 3.13. The van der Waals surface area contributed by atoms with Gasteiger partial charge in [0.25, 0.3) is 0 Å². The fourth-order valence-electron chi connectivity index (χ4n) is 3.59. The van der Waals surface area contributed by atoms with Gasteiger partial charge >= 0.3 is 0 Å². The molecule has 0 bridgehead atoms. The maximum Gasteiger partial charge on any atom is 0.220 e. The number of carbonyl (C=O) groups excluding carboxylic acids is 1. The van der Waals surface area contributed by atoms with Crippen LogP contribution in [0.3, 0.4) is 0 Å². The standard InChI is InChI=1S/C17H22ClNO/c18-15-11-13-7-3-4-8-14(13)17(15)19-16(20)10-9-12-5-1-2-6-12/h3-4,7-8,12,15,17H,1-2,5-6,9-11H2,(H,19,20). The summed E-state index contributed by atoms with van der Waals surface area (Å²) >= 11 is 6.40. The van der Waals surface area contributed by atoms with Crippen LogP contribution < -0.4 is 5.32 Å². The average molecular weight is 292 g/mol. The maximum absolute atomic E-state index is 12.1. The molecule has 0 aliphatic heterocycles. The zero-order valence-corrected chi connectivity index (χ0v) is 12.5. The summed E-state index contributed by atoms with van der Waals surface area (Å²) in [4.78, 5) is 12.1. The summed E-state index contributed by atoms with van der Waals surface area (Å²) in [6.07, 6.45) is 7.82. The predicted octanol–water partition coefficient (Wildman–Crippen LogP) is 3.98. The van der Waals surface area contributed by atoms with Gasteiger partial charge in [0.2, 0.25) is 5.91 Å². The van der Waals surface area contributed by atoms with Crippen molar-refractivity contribution in [3.8, 4) is 0 Å². The Kier molecular flexibility index (Phi) is 4.30. The van der Waals surface area contributed by atoms with Gasteiger partial charge in [-0.3, -0.25) is 4.79 Å². The third kappa shape index (κ3) is 3.01. The summed E-state index contributed by atoms with van der Waals surface area (Å²) < 4.78 is 0. The molecule has 1 saturated carbocycles. The van der Waals surface area contributed by atoms with Gasteiger partial charge in [-0.25, -0.2) is 0 Å². The van der Waals surface area contributed by atoms with Crippen molar-refractivity contribution in [2.24, 2.45) is 5.92 Å². The van der Waals surface area contributed by atoms with Crippen LogP contribution in [0.1, 0.15) is 55.7 Å². The van der Waals surface area contributed by atoms with E-state index in [1.54, 1.807) is 0 Å². The Morgan fingerprint density at radius 1 is 1.25 bits per heavy atom. The highest BCUT2D eigenvalue weighted by Gasteiger charge is 2.31. The minimum atomic E-state index is -0.0113. The molecule has 0 heterocycles. The van der Waals surface area contributed by atoms with Crippen LogP contribution in [0.15, 0.2) is 24.3 Å². The lowest BCUT2D eigenvalue weighted by Gasteiger charge is -2.18. The van der Waals surface area contributed by atoms with E-state index in [2.05, 4.69) is 17.4 Å². The number of fused-ring (bicyclic) bond motifs is 1. The fourth-order valence-corrected chi connectivity index (χ4v) is 3.96. The van der Waals surface area contributed by atoms with E-state index in [0.29, 0.717) is 6.42 Å². The molecule has 3 rings (SSSR count). The molecule has 3 heteroatoms. The quantitative estimate of drug-likeness (QED) is 0.835. The molecule has 1 N–H and O–H groups in total. The van der Waals surface area contributed by atoms with Crippen LogP contribution in [0.4, 0.5) is 0 Å². The zero-order chi connectivity index (χ0) is 13.9. The van der Waals surface area contributed by atoms with E-state index in [0.717, 1.165) is 18.8 Å². The van der Waals surface area contributed by atoms with Crippen LogP contribution in [0, 0.1) is 5.92 Å². The van der Waals surface area contributed by atoms with E-state index in [1.165, 1.54) is 36.8 Å². The van der Waals surface area contributed by atoms with Gasteiger partial charge in [-0.15, -0.1) is 11.6 Å². The van der Waals surface area contributed by atoms with Gasteiger partial charge in [0, 0.05) is 6.42 Å². The van der Waals surface area contributed by atoms with E-state index >= 15 is 0 Å². The lowest BCUT2D eigenvalue weighted by Crippen LogP contribution is -2.31. The first-order valence-electron chi connectivity index (χ1n) is 7.75. The molecule has 1 aromatic carbocycles. The van der Waals surface area contributed by atoms with Gasteiger partial charge in [0.15, 0.2) is 0 Å². The summed E-state index contributed by atoms with van der Waals surface area (Å²) in [5.41, 5.74) is 2.47. The Hall–Kier alpha value is -1.02. The molecular weight excluding hydrogens is 270 g/mol. The number of nitrogens with one attached hydrogen (secondary N) is 1. The maximum atomic E-state index is 12.1. The van der Waals surface area contributed by atoms with E-state index < -0.39 is 0 Å². The lowest BCUT2D eigenvalue weighted by molar-refractivity contribution is -0.122. The third-order valence-corrected chi connectivity index (χ3v) is 5.14. The molecule has 0 aromatic heterocycles. The summed E-state index contributed by atoms with van der Waals surface area (Å²) in [5.74, 6) is 0.924. The van der Waals surface area contributed by atoms with Crippen molar-refractivity contribution in [3.63, 3.8) is 0 Å². The predicted molar refractivity (Wildman–Crippen MR) is 81.9 cm³/mol. The van der Waals surface area contributed by atoms with Crippen LogP contribution in [0.5, 0.6) is 0 Å². The van der Waals surface area contributed by atoms with E-state index in [9.17, 15) is 4.79 Å². The Morgan fingerprint density at radius 3 is 2.80 bits per heavy atom. The lowest BCUT2D eigenvalue weighted by atomic mass is 10.0. The van der Waals surface area contributed by atoms with Crippen molar-refractivity contribution in [2.45, 2.75) is 56.4 Å². The Labute approximate surface area is 125 Å². The van der Waals surface area contributed by atoms with E-state index in [-0.39, 0.29) is 17.3 Å². The molecule has 2 atom stereocenters. The van der Waals surface area contributed by atoms with Gasteiger partial charge in [-0.05, 0) is 29.9 Å². The Morgan fingerprint density at radius 2 is 2.00 bits per heavy atom. The highest BCUT2D eigenvalue weighted by Crippen LogP contribution is 2.35. The van der Waals surface area contributed by atoms with Crippen LogP contribution in [-0.4, -0.2) is 11.3 Å². The van der Waals surface area contributed by atoms with Crippen LogP contribution in [0.25, 0.3) is 0 Å². The highest BCUT2D eigenvalue weighted by atomic mass is 35.5. The number of benzene rings is 1. The molecule has 1 fully saturated rings. The molecule has 2 aliphatic rings. The second kappa shape index (κ2) is 6.17. The largest absolute Gasteiger partial charge is 0.348 e. The number of hydrogen-bond acceptors (Lipinski definition) is 1. The van der Waals surface area contributed by atoms with Crippen LogP contribution in [-0.2, 0) is 11.2 Å². The summed E-state index contributed by atoms with van der Waals surface area (Å²) in [6.45, 7) is 0. The molecule has 108 valence electrons. The van der Waals surface area contributed by atoms with Crippen LogP contribution >= 0.6 is 11.6 Å². The van der Waals surface area contributed by atoms with Crippen molar-refractivity contribution < 1.29 is 4.79 Å². The average Bonchev–Trinajstić information content (AvgIpc) is 3.06. The Balaban J connectivity index is 1.55. The molecule has 0 spiro atoms. The van der Waals surface area contributed by atoms with Gasteiger partial charge in [0.05, 0.1) is 11.4 Å². The van der Waals surface area contributed by atoms with Gasteiger partial charge < -0.3 is 5.32 Å². The highest BCUT2D eigenvalue weighted by molar-refractivity contribution is 6.21. The zero-order valence-electron chi connectivity index (χ0n) is 11.8. The number of amides is 1. The topological polar surface area (TPSA) is 29.1 Å². The van der Waals surface area contributed by atoms with Crippen molar-refractivity contribution in [1.29, 1.82) is 0 Å². The molecule has 2 unspecified atom stereocenters. The Bertz CT molecular complexity index is 482.